The van der Waals surface area contributed by atoms with Gasteiger partial charge in [0.1, 0.15) is 11.5 Å². The van der Waals surface area contributed by atoms with Gasteiger partial charge in [-0.15, -0.1) is 0 Å². The van der Waals surface area contributed by atoms with Crippen LogP contribution in [-0.2, 0) is 9.59 Å². The van der Waals surface area contributed by atoms with Crippen molar-refractivity contribution < 1.29 is 14.0 Å². The fraction of sp³-hybridized carbons (Fsp3) is 0.167. The van der Waals surface area contributed by atoms with Crippen molar-refractivity contribution in [2.24, 2.45) is 5.10 Å². The zero-order chi connectivity index (χ0) is 18.0. The van der Waals surface area contributed by atoms with Crippen molar-refractivity contribution in [1.29, 1.82) is 0 Å². The van der Waals surface area contributed by atoms with Gasteiger partial charge < -0.3 is 5.32 Å². The lowest BCUT2D eigenvalue weighted by molar-refractivity contribution is -0.118. The first-order valence-corrected chi connectivity index (χ1v) is 8.05. The summed E-state index contributed by atoms with van der Waals surface area (Å²) < 4.78 is 13.5. The molecule has 0 bridgehead atoms. The average Bonchev–Trinajstić information content (AvgIpc) is 2.58. The summed E-state index contributed by atoms with van der Waals surface area (Å²) in [6, 6.07) is 11.3. The molecule has 0 saturated heterocycles. The van der Waals surface area contributed by atoms with Crippen molar-refractivity contribution in [3.63, 3.8) is 0 Å². The van der Waals surface area contributed by atoms with Crippen LogP contribution < -0.4 is 10.3 Å². The number of halogens is 2. The standard InChI is InChI=1S/C18H15ClFN3O2/c1-11-3-2-4-13(9-11)23-17(24)8-7-16(22-23)18(25)21-12-5-6-14(19)15(20)10-12/h2-6,9-10H,7-8H2,1H3,(H,21,25). The van der Waals surface area contributed by atoms with Gasteiger partial charge in [0.05, 0.1) is 10.7 Å². The Bertz CT molecular complexity index is 882. The minimum Gasteiger partial charge on any atom is -0.321 e. The maximum atomic E-state index is 13.5. The number of hydrogen-bond acceptors (Lipinski definition) is 3. The van der Waals surface area contributed by atoms with E-state index in [0.717, 1.165) is 11.6 Å². The molecule has 0 aliphatic carbocycles. The Balaban J connectivity index is 1.83. The van der Waals surface area contributed by atoms with Gasteiger partial charge in [-0.3, -0.25) is 9.59 Å². The second-order valence-corrected chi connectivity index (χ2v) is 6.08. The molecule has 2 aromatic carbocycles. The number of aryl methyl sites for hydroxylation is 1. The van der Waals surface area contributed by atoms with Crippen molar-refractivity contribution >= 4 is 40.5 Å². The number of anilines is 2. The zero-order valence-corrected chi connectivity index (χ0v) is 14.2. The molecule has 1 aliphatic rings. The van der Waals surface area contributed by atoms with Crippen LogP contribution in [0.2, 0.25) is 5.02 Å². The molecule has 7 heteroatoms. The van der Waals surface area contributed by atoms with Crippen LogP contribution in [0.4, 0.5) is 15.8 Å². The molecule has 5 nitrogen and oxygen atoms in total. The van der Waals surface area contributed by atoms with Crippen LogP contribution in [0.3, 0.4) is 0 Å². The summed E-state index contributed by atoms with van der Waals surface area (Å²) in [6.45, 7) is 1.91. The van der Waals surface area contributed by atoms with Gasteiger partial charge in [0.25, 0.3) is 5.91 Å². The summed E-state index contributed by atoms with van der Waals surface area (Å²) in [6.07, 6.45) is 0.401. The van der Waals surface area contributed by atoms with Crippen LogP contribution in [0, 0.1) is 12.7 Å². The van der Waals surface area contributed by atoms with Crippen LogP contribution in [0.15, 0.2) is 47.6 Å². The normalized spacial score (nSPS) is 14.3. The van der Waals surface area contributed by atoms with Crippen molar-refractivity contribution in [3.8, 4) is 0 Å². The number of nitrogens with one attached hydrogen (secondary N) is 1. The third-order valence-corrected chi connectivity index (χ3v) is 4.02. The number of benzene rings is 2. The number of hydrazone groups is 1. The molecular weight excluding hydrogens is 345 g/mol. The maximum Gasteiger partial charge on any atom is 0.271 e. The third-order valence-electron chi connectivity index (χ3n) is 3.72. The molecule has 0 atom stereocenters. The Morgan fingerprint density at radius 2 is 2.04 bits per heavy atom. The highest BCUT2D eigenvalue weighted by molar-refractivity contribution is 6.44. The summed E-state index contributed by atoms with van der Waals surface area (Å²) >= 11 is 5.63. The Morgan fingerprint density at radius 1 is 1.24 bits per heavy atom. The van der Waals surface area contributed by atoms with Gasteiger partial charge >= 0.3 is 0 Å². The number of nitrogens with zero attached hydrogens (tertiary/aromatic N) is 2. The fourth-order valence-electron chi connectivity index (χ4n) is 2.46. The molecule has 2 amide bonds. The lowest BCUT2D eigenvalue weighted by atomic mass is 10.1. The van der Waals surface area contributed by atoms with Crippen LogP contribution in [-0.4, -0.2) is 17.5 Å². The number of hydrogen-bond donors (Lipinski definition) is 1. The van der Waals surface area contributed by atoms with Crippen molar-refractivity contribution in [2.45, 2.75) is 19.8 Å². The van der Waals surface area contributed by atoms with Crippen LogP contribution in [0.1, 0.15) is 18.4 Å². The van der Waals surface area contributed by atoms with E-state index in [1.165, 1.54) is 17.1 Å². The molecule has 1 N–H and O–H groups in total. The van der Waals surface area contributed by atoms with Gasteiger partial charge in [0.15, 0.2) is 0 Å². The quantitative estimate of drug-likeness (QED) is 0.903. The monoisotopic (exact) mass is 359 g/mol. The van der Waals surface area contributed by atoms with Crippen LogP contribution >= 0.6 is 11.6 Å². The zero-order valence-electron chi connectivity index (χ0n) is 13.4. The van der Waals surface area contributed by atoms with E-state index >= 15 is 0 Å². The minimum atomic E-state index is -0.624. The second kappa shape index (κ2) is 7.03. The minimum absolute atomic E-state index is 0.0239. The van der Waals surface area contributed by atoms with Crippen LogP contribution in [0.25, 0.3) is 0 Å². The second-order valence-electron chi connectivity index (χ2n) is 5.67. The molecule has 0 unspecified atom stereocenters. The molecule has 0 saturated carbocycles. The Kier molecular flexibility index (Phi) is 4.81. The Morgan fingerprint density at radius 3 is 2.76 bits per heavy atom. The molecule has 0 radical (unpaired) electrons. The van der Waals surface area contributed by atoms with E-state index in [9.17, 15) is 14.0 Å². The van der Waals surface area contributed by atoms with Gasteiger partial charge in [-0.2, -0.15) is 5.10 Å². The molecule has 0 spiro atoms. The van der Waals surface area contributed by atoms with E-state index in [0.29, 0.717) is 5.69 Å². The summed E-state index contributed by atoms with van der Waals surface area (Å²) in [4.78, 5) is 24.5. The summed E-state index contributed by atoms with van der Waals surface area (Å²) in [5.41, 5.74) is 2.06. The van der Waals surface area contributed by atoms with Gasteiger partial charge in [-0.05, 0) is 42.8 Å². The molecule has 2 aromatic rings. The first-order chi connectivity index (χ1) is 11.9. The van der Waals surface area contributed by atoms with Crippen molar-refractivity contribution in [3.05, 3.63) is 58.9 Å². The van der Waals surface area contributed by atoms with Crippen LogP contribution in [0.5, 0.6) is 0 Å². The lowest BCUT2D eigenvalue weighted by Gasteiger charge is -2.23. The van der Waals surface area contributed by atoms with Gasteiger partial charge in [0.2, 0.25) is 5.91 Å². The van der Waals surface area contributed by atoms with E-state index in [1.807, 2.05) is 25.1 Å². The lowest BCUT2D eigenvalue weighted by Crippen LogP contribution is -2.36. The first-order valence-electron chi connectivity index (χ1n) is 7.67. The SMILES string of the molecule is Cc1cccc(N2N=C(C(=O)Nc3ccc(Cl)c(F)c3)CCC2=O)c1. The van der Waals surface area contributed by atoms with Gasteiger partial charge in [0, 0.05) is 18.5 Å². The van der Waals surface area contributed by atoms with Gasteiger partial charge in [-0.1, -0.05) is 23.7 Å². The highest BCUT2D eigenvalue weighted by atomic mass is 35.5. The molecule has 1 heterocycles. The molecule has 0 fully saturated rings. The highest BCUT2D eigenvalue weighted by Crippen LogP contribution is 2.22. The Hall–Kier alpha value is -2.73. The summed E-state index contributed by atoms with van der Waals surface area (Å²) in [7, 11) is 0. The van der Waals surface area contributed by atoms with E-state index in [-0.39, 0.29) is 35.2 Å². The number of amides is 2. The average molecular weight is 360 g/mol. The maximum absolute atomic E-state index is 13.5. The number of rotatable bonds is 3. The number of carbonyl (C=O) groups is 2. The molecule has 1 aliphatic heterocycles. The first kappa shape index (κ1) is 17.1. The van der Waals surface area contributed by atoms with E-state index in [1.54, 1.807) is 6.07 Å². The number of carbonyl (C=O) groups excluding carboxylic acids is 2. The smallest absolute Gasteiger partial charge is 0.271 e. The molecule has 3 rings (SSSR count). The van der Waals surface area contributed by atoms with E-state index in [4.69, 9.17) is 11.6 Å². The molecular formula is C18H15ClFN3O2. The Labute approximate surface area is 149 Å². The molecule has 0 aromatic heterocycles. The topological polar surface area (TPSA) is 61.8 Å². The largest absolute Gasteiger partial charge is 0.321 e. The predicted molar refractivity (Wildman–Crippen MR) is 95.4 cm³/mol. The molecule has 128 valence electrons. The molecule has 25 heavy (non-hydrogen) atoms. The third kappa shape index (κ3) is 3.85. The van der Waals surface area contributed by atoms with E-state index < -0.39 is 11.7 Å². The van der Waals surface area contributed by atoms with Gasteiger partial charge in [-0.25, -0.2) is 9.40 Å². The highest BCUT2D eigenvalue weighted by Gasteiger charge is 2.25. The van der Waals surface area contributed by atoms with Crippen molar-refractivity contribution in [1.82, 2.24) is 0 Å². The van der Waals surface area contributed by atoms with Crippen molar-refractivity contribution in [2.75, 3.05) is 10.3 Å². The fourth-order valence-corrected chi connectivity index (χ4v) is 2.57. The predicted octanol–water partition coefficient (Wildman–Crippen LogP) is 3.91. The summed E-state index contributed by atoms with van der Waals surface area (Å²) in [5, 5.41) is 7.96. The summed E-state index contributed by atoms with van der Waals surface area (Å²) in [5.74, 6) is -1.28. The van der Waals surface area contributed by atoms with E-state index in [2.05, 4.69) is 10.4 Å².